The van der Waals surface area contributed by atoms with Crippen LogP contribution in [-0.4, -0.2) is 74.0 Å². The predicted octanol–water partition coefficient (Wildman–Crippen LogP) is -0.591. The molecule has 6 heteroatoms. The molecule has 0 spiro atoms. The number of likely N-dealkylation sites (tertiary alicyclic amines) is 1. The molecule has 0 aliphatic carbocycles. The summed E-state index contributed by atoms with van der Waals surface area (Å²) in [4.78, 5) is 28.3. The van der Waals surface area contributed by atoms with Crippen molar-refractivity contribution in [2.45, 2.75) is 31.7 Å². The van der Waals surface area contributed by atoms with Crippen molar-refractivity contribution in [2.24, 2.45) is 0 Å². The Morgan fingerprint density at radius 1 is 1.15 bits per heavy atom. The van der Waals surface area contributed by atoms with Crippen LogP contribution >= 0.6 is 0 Å². The molecule has 2 aliphatic rings. The lowest BCUT2D eigenvalue weighted by Crippen LogP contribution is -2.59. The van der Waals surface area contributed by atoms with Crippen LogP contribution in [0.1, 0.15) is 25.7 Å². The van der Waals surface area contributed by atoms with Gasteiger partial charge < -0.3 is 15.5 Å². The predicted molar refractivity (Wildman–Crippen MR) is 77.3 cm³/mol. The van der Waals surface area contributed by atoms with E-state index in [0.29, 0.717) is 13.1 Å². The molecule has 2 aliphatic heterocycles. The van der Waals surface area contributed by atoms with Crippen molar-refractivity contribution >= 4 is 11.8 Å². The third-order valence-electron chi connectivity index (χ3n) is 4.20. The highest BCUT2D eigenvalue weighted by atomic mass is 16.2. The van der Waals surface area contributed by atoms with Crippen LogP contribution in [0.25, 0.3) is 0 Å². The van der Waals surface area contributed by atoms with E-state index < -0.39 is 0 Å². The normalized spacial score (nSPS) is 25.1. The minimum absolute atomic E-state index is 0.0131. The summed E-state index contributed by atoms with van der Waals surface area (Å²) in [6, 6.07) is -0.232. The number of likely N-dealkylation sites (N-methyl/N-ethyl adjacent to an activating group) is 1. The average Bonchev–Trinajstić information content (AvgIpc) is 2.76. The molecule has 6 nitrogen and oxygen atoms in total. The van der Waals surface area contributed by atoms with E-state index in [2.05, 4.69) is 10.6 Å². The first-order valence-corrected chi connectivity index (χ1v) is 7.66. The van der Waals surface area contributed by atoms with Gasteiger partial charge >= 0.3 is 0 Å². The SMILES string of the molecule is CNC(=O)C1CNCCN1CC(=O)N1CCCCCC1. The Morgan fingerprint density at radius 3 is 2.50 bits per heavy atom. The molecule has 2 fully saturated rings. The molecule has 114 valence electrons. The Morgan fingerprint density at radius 2 is 1.85 bits per heavy atom. The fraction of sp³-hybridized carbons (Fsp3) is 0.857. The molecule has 0 bridgehead atoms. The first-order valence-electron chi connectivity index (χ1n) is 7.66. The highest BCUT2D eigenvalue weighted by Gasteiger charge is 2.30. The van der Waals surface area contributed by atoms with Crippen molar-refractivity contribution in [3.63, 3.8) is 0 Å². The number of hydrogen-bond acceptors (Lipinski definition) is 4. The van der Waals surface area contributed by atoms with Crippen LogP contribution in [0.5, 0.6) is 0 Å². The molecule has 0 radical (unpaired) electrons. The van der Waals surface area contributed by atoms with E-state index in [-0.39, 0.29) is 17.9 Å². The second-order valence-electron chi connectivity index (χ2n) is 5.60. The molecule has 2 heterocycles. The van der Waals surface area contributed by atoms with E-state index in [0.717, 1.165) is 39.0 Å². The van der Waals surface area contributed by atoms with E-state index in [1.54, 1.807) is 7.05 Å². The van der Waals surface area contributed by atoms with E-state index in [4.69, 9.17) is 0 Å². The number of carbonyl (C=O) groups is 2. The summed E-state index contributed by atoms with van der Waals surface area (Å²) >= 11 is 0. The van der Waals surface area contributed by atoms with Gasteiger partial charge in [0.05, 0.1) is 6.54 Å². The zero-order valence-corrected chi connectivity index (χ0v) is 12.4. The number of nitrogens with zero attached hydrogens (tertiary/aromatic N) is 2. The molecule has 0 aromatic carbocycles. The first kappa shape index (κ1) is 15.3. The van der Waals surface area contributed by atoms with Crippen LogP contribution in [0.2, 0.25) is 0 Å². The molecule has 20 heavy (non-hydrogen) atoms. The van der Waals surface area contributed by atoms with Gasteiger partial charge in [-0.1, -0.05) is 12.8 Å². The molecule has 1 atom stereocenters. The smallest absolute Gasteiger partial charge is 0.238 e. The van der Waals surface area contributed by atoms with Gasteiger partial charge in [0.15, 0.2) is 0 Å². The van der Waals surface area contributed by atoms with Gasteiger partial charge in [-0.15, -0.1) is 0 Å². The lowest BCUT2D eigenvalue weighted by atomic mass is 10.1. The molecule has 2 amide bonds. The van der Waals surface area contributed by atoms with Gasteiger partial charge in [0.1, 0.15) is 6.04 Å². The van der Waals surface area contributed by atoms with Crippen LogP contribution in [0.3, 0.4) is 0 Å². The first-order chi connectivity index (χ1) is 9.72. The van der Waals surface area contributed by atoms with Gasteiger partial charge in [-0.05, 0) is 12.8 Å². The van der Waals surface area contributed by atoms with Gasteiger partial charge in [0.2, 0.25) is 11.8 Å². The second kappa shape index (κ2) is 7.59. The molecule has 2 rings (SSSR count). The standard InChI is InChI=1S/C14H26N4O2/c1-15-14(20)12-10-16-6-9-18(12)11-13(19)17-7-4-2-3-5-8-17/h12,16H,2-11H2,1H3,(H,15,20). The van der Waals surface area contributed by atoms with Crippen molar-refractivity contribution < 1.29 is 9.59 Å². The number of hydrogen-bond donors (Lipinski definition) is 2. The molecular weight excluding hydrogens is 256 g/mol. The molecule has 0 aromatic rings. The van der Waals surface area contributed by atoms with Gasteiger partial charge in [-0.2, -0.15) is 0 Å². The van der Waals surface area contributed by atoms with Crippen LogP contribution in [0.15, 0.2) is 0 Å². The maximum atomic E-state index is 12.4. The number of piperazine rings is 1. The molecule has 1 unspecified atom stereocenters. The number of rotatable bonds is 3. The Hall–Kier alpha value is -1.14. The number of carbonyl (C=O) groups excluding carboxylic acids is 2. The number of nitrogens with one attached hydrogen (secondary N) is 2. The summed E-state index contributed by atoms with van der Waals surface area (Å²) in [5.74, 6) is 0.156. The molecule has 2 saturated heterocycles. The lowest BCUT2D eigenvalue weighted by Gasteiger charge is -2.35. The maximum Gasteiger partial charge on any atom is 0.238 e. The van der Waals surface area contributed by atoms with Gasteiger partial charge in [-0.3, -0.25) is 14.5 Å². The molecule has 0 saturated carbocycles. The summed E-state index contributed by atoms with van der Waals surface area (Å²) in [6.45, 7) is 4.30. The van der Waals surface area contributed by atoms with Gasteiger partial charge in [-0.25, -0.2) is 0 Å². The summed E-state index contributed by atoms with van der Waals surface area (Å²) in [7, 11) is 1.64. The monoisotopic (exact) mass is 282 g/mol. The van der Waals surface area contributed by atoms with Gasteiger partial charge in [0.25, 0.3) is 0 Å². The Bertz CT molecular complexity index is 340. The van der Waals surface area contributed by atoms with Crippen LogP contribution in [-0.2, 0) is 9.59 Å². The van der Waals surface area contributed by atoms with Crippen molar-refractivity contribution in [2.75, 3.05) is 46.3 Å². The molecular formula is C14H26N4O2. The summed E-state index contributed by atoms with van der Waals surface area (Å²) in [6.07, 6.45) is 4.65. The lowest BCUT2D eigenvalue weighted by molar-refractivity contribution is -0.135. The maximum absolute atomic E-state index is 12.4. The van der Waals surface area contributed by atoms with Crippen molar-refractivity contribution in [1.29, 1.82) is 0 Å². The summed E-state index contributed by atoms with van der Waals surface area (Å²) < 4.78 is 0. The van der Waals surface area contributed by atoms with Crippen molar-refractivity contribution in [1.82, 2.24) is 20.4 Å². The fourth-order valence-corrected chi connectivity index (χ4v) is 2.95. The Balaban J connectivity index is 1.91. The largest absolute Gasteiger partial charge is 0.358 e. The number of amides is 2. The van der Waals surface area contributed by atoms with Gasteiger partial charge in [0, 0.05) is 39.8 Å². The van der Waals surface area contributed by atoms with Crippen LogP contribution < -0.4 is 10.6 Å². The fourth-order valence-electron chi connectivity index (χ4n) is 2.95. The Labute approximate surface area is 120 Å². The van der Waals surface area contributed by atoms with E-state index in [1.165, 1.54) is 12.8 Å². The minimum atomic E-state index is -0.232. The highest BCUT2D eigenvalue weighted by Crippen LogP contribution is 2.11. The second-order valence-corrected chi connectivity index (χ2v) is 5.60. The van der Waals surface area contributed by atoms with E-state index in [1.807, 2.05) is 9.80 Å². The van der Waals surface area contributed by atoms with Crippen LogP contribution in [0.4, 0.5) is 0 Å². The molecule has 2 N–H and O–H groups in total. The van der Waals surface area contributed by atoms with E-state index in [9.17, 15) is 9.59 Å². The highest BCUT2D eigenvalue weighted by molar-refractivity contribution is 5.83. The third kappa shape index (κ3) is 3.93. The zero-order valence-electron chi connectivity index (χ0n) is 12.4. The van der Waals surface area contributed by atoms with Crippen LogP contribution in [0, 0.1) is 0 Å². The quantitative estimate of drug-likeness (QED) is 0.726. The molecule has 0 aromatic heterocycles. The van der Waals surface area contributed by atoms with Crippen molar-refractivity contribution in [3.8, 4) is 0 Å². The topological polar surface area (TPSA) is 64.7 Å². The minimum Gasteiger partial charge on any atom is -0.358 e. The third-order valence-corrected chi connectivity index (χ3v) is 4.20. The van der Waals surface area contributed by atoms with E-state index >= 15 is 0 Å². The Kier molecular flexibility index (Phi) is 5.79. The average molecular weight is 282 g/mol. The zero-order chi connectivity index (χ0) is 14.4. The van der Waals surface area contributed by atoms with Crippen molar-refractivity contribution in [3.05, 3.63) is 0 Å². The summed E-state index contributed by atoms with van der Waals surface area (Å²) in [5, 5.41) is 5.90. The summed E-state index contributed by atoms with van der Waals surface area (Å²) in [5.41, 5.74) is 0.